The standard InChI is InChI=1S/C12H13BrO3.C11H11BrO3/c1-15-11-4-3-7(13)5-9(11)8-6-10(8)12(14)16-2;1-14-10-5-4-9(12)7-8(10)3-6-11(13)15-2/h3-5,8,10H,6H2,1-2H3;3-7H,1-2H3/b;6-3+. The van der Waals surface area contributed by atoms with Gasteiger partial charge in [0.1, 0.15) is 11.5 Å². The van der Waals surface area contributed by atoms with Gasteiger partial charge in [-0.05, 0) is 54.5 Å². The van der Waals surface area contributed by atoms with Gasteiger partial charge >= 0.3 is 11.9 Å². The Morgan fingerprint density at radius 3 is 2.10 bits per heavy atom. The Morgan fingerprint density at radius 1 is 0.903 bits per heavy atom. The zero-order valence-electron chi connectivity index (χ0n) is 17.7. The van der Waals surface area contributed by atoms with Crippen LogP contribution < -0.4 is 9.47 Å². The van der Waals surface area contributed by atoms with Gasteiger partial charge in [-0.1, -0.05) is 31.9 Å². The number of halogens is 2. The Morgan fingerprint density at radius 2 is 1.52 bits per heavy atom. The number of ether oxygens (including phenoxy) is 4. The second-order valence-electron chi connectivity index (χ2n) is 6.60. The largest absolute Gasteiger partial charge is 0.496 e. The third-order valence-electron chi connectivity index (χ3n) is 4.68. The third-order valence-corrected chi connectivity index (χ3v) is 5.66. The Bertz CT molecular complexity index is 957. The Hall–Kier alpha value is -2.32. The van der Waals surface area contributed by atoms with Crippen molar-refractivity contribution in [3.63, 3.8) is 0 Å². The molecular formula is C23H24Br2O6. The van der Waals surface area contributed by atoms with E-state index in [-0.39, 0.29) is 17.8 Å². The number of hydrogen-bond donors (Lipinski definition) is 0. The van der Waals surface area contributed by atoms with Crippen molar-refractivity contribution >= 4 is 49.9 Å². The molecule has 2 aromatic carbocycles. The van der Waals surface area contributed by atoms with E-state index in [1.165, 1.54) is 20.3 Å². The Balaban J connectivity index is 0.000000221. The van der Waals surface area contributed by atoms with Crippen LogP contribution in [0, 0.1) is 5.92 Å². The number of methoxy groups -OCH3 is 4. The lowest BCUT2D eigenvalue weighted by molar-refractivity contribution is -0.142. The molecule has 1 aliphatic carbocycles. The van der Waals surface area contributed by atoms with E-state index in [1.807, 2.05) is 36.4 Å². The molecule has 2 aromatic rings. The molecule has 1 fully saturated rings. The summed E-state index contributed by atoms with van der Waals surface area (Å²) in [5, 5.41) is 0. The fourth-order valence-electron chi connectivity index (χ4n) is 3.01. The summed E-state index contributed by atoms with van der Waals surface area (Å²) < 4.78 is 21.6. The highest BCUT2D eigenvalue weighted by atomic mass is 79.9. The maximum Gasteiger partial charge on any atom is 0.330 e. The first-order valence-electron chi connectivity index (χ1n) is 9.35. The van der Waals surface area contributed by atoms with Crippen LogP contribution in [0.25, 0.3) is 6.08 Å². The monoisotopic (exact) mass is 554 g/mol. The van der Waals surface area contributed by atoms with Crippen molar-refractivity contribution in [3.8, 4) is 11.5 Å². The van der Waals surface area contributed by atoms with Crippen LogP contribution in [0.5, 0.6) is 11.5 Å². The van der Waals surface area contributed by atoms with Crippen molar-refractivity contribution in [1.29, 1.82) is 0 Å². The van der Waals surface area contributed by atoms with Crippen molar-refractivity contribution in [3.05, 3.63) is 62.5 Å². The predicted octanol–water partition coefficient (Wildman–Crippen LogP) is 5.38. The smallest absolute Gasteiger partial charge is 0.330 e. The van der Waals surface area contributed by atoms with Crippen molar-refractivity contribution in [2.75, 3.05) is 28.4 Å². The van der Waals surface area contributed by atoms with Gasteiger partial charge in [0.15, 0.2) is 0 Å². The normalized spacial score (nSPS) is 16.7. The van der Waals surface area contributed by atoms with Crippen molar-refractivity contribution in [1.82, 2.24) is 0 Å². The van der Waals surface area contributed by atoms with Crippen molar-refractivity contribution in [2.45, 2.75) is 12.3 Å². The molecule has 2 unspecified atom stereocenters. The molecule has 1 saturated carbocycles. The first-order chi connectivity index (χ1) is 14.8. The summed E-state index contributed by atoms with van der Waals surface area (Å²) in [5.41, 5.74) is 1.89. The minimum Gasteiger partial charge on any atom is -0.496 e. The molecule has 6 nitrogen and oxygen atoms in total. The second-order valence-corrected chi connectivity index (χ2v) is 8.43. The van der Waals surface area contributed by atoms with Gasteiger partial charge in [-0.25, -0.2) is 4.79 Å². The first kappa shape index (κ1) is 24.9. The van der Waals surface area contributed by atoms with E-state index in [0.717, 1.165) is 32.2 Å². The fourth-order valence-corrected chi connectivity index (χ4v) is 3.76. The molecule has 0 aromatic heterocycles. The lowest BCUT2D eigenvalue weighted by Gasteiger charge is -2.08. The topological polar surface area (TPSA) is 71.1 Å². The summed E-state index contributed by atoms with van der Waals surface area (Å²) >= 11 is 6.77. The molecule has 0 radical (unpaired) electrons. The summed E-state index contributed by atoms with van der Waals surface area (Å²) in [4.78, 5) is 22.3. The van der Waals surface area contributed by atoms with Crippen LogP contribution in [0.2, 0.25) is 0 Å². The molecule has 3 rings (SSSR count). The average molecular weight is 556 g/mol. The number of hydrogen-bond acceptors (Lipinski definition) is 6. The van der Waals surface area contributed by atoms with Gasteiger partial charge in [0, 0.05) is 26.5 Å². The van der Waals surface area contributed by atoms with Crippen LogP contribution in [-0.2, 0) is 19.1 Å². The third kappa shape index (κ3) is 7.11. The second kappa shape index (κ2) is 11.9. The fraction of sp³-hybridized carbons (Fsp3) is 0.304. The molecular weight excluding hydrogens is 532 g/mol. The zero-order valence-corrected chi connectivity index (χ0v) is 20.9. The van der Waals surface area contributed by atoms with E-state index < -0.39 is 5.97 Å². The average Bonchev–Trinajstić information content (AvgIpc) is 3.58. The van der Waals surface area contributed by atoms with E-state index in [4.69, 9.17) is 14.2 Å². The maximum absolute atomic E-state index is 11.4. The highest BCUT2D eigenvalue weighted by Crippen LogP contribution is 2.51. The highest BCUT2D eigenvalue weighted by molar-refractivity contribution is 9.10. The number of benzene rings is 2. The van der Waals surface area contributed by atoms with Crippen LogP contribution >= 0.6 is 31.9 Å². The van der Waals surface area contributed by atoms with E-state index >= 15 is 0 Å². The van der Waals surface area contributed by atoms with Crippen LogP contribution in [-0.4, -0.2) is 40.4 Å². The molecule has 0 amide bonds. The zero-order chi connectivity index (χ0) is 23.0. The molecule has 2 atom stereocenters. The quantitative estimate of drug-likeness (QED) is 0.352. The summed E-state index contributed by atoms with van der Waals surface area (Å²) in [6, 6.07) is 11.4. The summed E-state index contributed by atoms with van der Waals surface area (Å²) in [5.74, 6) is 1.25. The summed E-state index contributed by atoms with van der Waals surface area (Å²) in [6.07, 6.45) is 3.85. The Labute approximate surface area is 198 Å². The van der Waals surface area contributed by atoms with Gasteiger partial charge < -0.3 is 18.9 Å². The van der Waals surface area contributed by atoms with Crippen molar-refractivity contribution in [2.24, 2.45) is 5.92 Å². The molecule has 0 spiro atoms. The molecule has 1 aliphatic rings. The number of carbonyl (C=O) groups is 2. The van der Waals surface area contributed by atoms with Gasteiger partial charge in [0.2, 0.25) is 0 Å². The van der Waals surface area contributed by atoms with E-state index in [9.17, 15) is 9.59 Å². The van der Waals surface area contributed by atoms with Gasteiger partial charge in [0.25, 0.3) is 0 Å². The number of esters is 2. The number of carbonyl (C=O) groups excluding carboxylic acids is 2. The van der Waals surface area contributed by atoms with E-state index in [1.54, 1.807) is 20.3 Å². The lowest BCUT2D eigenvalue weighted by atomic mass is 10.1. The lowest BCUT2D eigenvalue weighted by Crippen LogP contribution is -2.04. The minimum atomic E-state index is -0.392. The van der Waals surface area contributed by atoms with Crippen LogP contribution in [0.1, 0.15) is 23.5 Å². The highest BCUT2D eigenvalue weighted by Gasteiger charge is 2.46. The molecule has 0 saturated heterocycles. The summed E-state index contributed by atoms with van der Waals surface area (Å²) in [7, 11) is 5.99. The van der Waals surface area contributed by atoms with Gasteiger partial charge in [0.05, 0.1) is 34.4 Å². The molecule has 0 bridgehead atoms. The van der Waals surface area contributed by atoms with Gasteiger partial charge in [-0.2, -0.15) is 0 Å². The molecule has 0 aliphatic heterocycles. The van der Waals surface area contributed by atoms with E-state index in [0.29, 0.717) is 5.75 Å². The van der Waals surface area contributed by atoms with Crippen LogP contribution in [0.15, 0.2) is 51.4 Å². The predicted molar refractivity (Wildman–Crippen MR) is 125 cm³/mol. The molecule has 0 N–H and O–H groups in total. The van der Waals surface area contributed by atoms with Crippen LogP contribution in [0.3, 0.4) is 0 Å². The number of rotatable bonds is 6. The van der Waals surface area contributed by atoms with Crippen molar-refractivity contribution < 1.29 is 28.5 Å². The van der Waals surface area contributed by atoms with Gasteiger partial charge in [-0.3, -0.25) is 4.79 Å². The summed E-state index contributed by atoms with van der Waals surface area (Å²) in [6.45, 7) is 0. The molecule has 0 heterocycles. The van der Waals surface area contributed by atoms with E-state index in [2.05, 4.69) is 36.6 Å². The minimum absolute atomic E-state index is 0.00630. The van der Waals surface area contributed by atoms with Crippen LogP contribution in [0.4, 0.5) is 0 Å². The molecule has 8 heteroatoms. The SMILES string of the molecule is COC(=O)/C=C/c1cc(Br)ccc1OC.COC(=O)C1CC1c1cc(Br)ccc1OC. The maximum atomic E-state index is 11.4. The molecule has 166 valence electrons. The molecule has 31 heavy (non-hydrogen) atoms. The van der Waals surface area contributed by atoms with Gasteiger partial charge in [-0.15, -0.1) is 0 Å². The Kier molecular flexibility index (Phi) is 9.58. The first-order valence-corrected chi connectivity index (χ1v) is 10.9.